The van der Waals surface area contributed by atoms with Crippen LogP contribution >= 0.6 is 12.2 Å². The molecule has 2 aromatic rings. The summed E-state index contributed by atoms with van der Waals surface area (Å²) in [7, 11) is 0. The second-order valence-electron chi connectivity index (χ2n) is 3.47. The largest absolute Gasteiger partial charge is 0.493 e. The molecule has 6 heteroatoms. The molecular formula is C11H12N4OS. The van der Waals surface area contributed by atoms with Gasteiger partial charge in [0.1, 0.15) is 0 Å². The van der Waals surface area contributed by atoms with E-state index in [2.05, 4.69) is 22.4 Å². The number of nitrogens with zero attached hydrogens (tertiary/aromatic N) is 3. The lowest BCUT2D eigenvalue weighted by Crippen LogP contribution is -2.01. The molecule has 0 radical (unpaired) electrons. The molecule has 0 fully saturated rings. The maximum atomic E-state index is 10.1. The number of aryl methyl sites for hydroxylation is 1. The first-order chi connectivity index (χ1) is 8.15. The summed E-state index contributed by atoms with van der Waals surface area (Å²) in [4.78, 5) is 0. The van der Waals surface area contributed by atoms with E-state index in [-0.39, 0.29) is 11.0 Å². The first-order valence-corrected chi connectivity index (χ1v) is 5.57. The van der Waals surface area contributed by atoms with Crippen LogP contribution in [0.1, 0.15) is 6.92 Å². The van der Waals surface area contributed by atoms with Gasteiger partial charge in [-0.05, 0) is 25.2 Å². The van der Waals surface area contributed by atoms with Crippen molar-refractivity contribution in [1.82, 2.24) is 4.57 Å². The molecule has 0 aliphatic heterocycles. The minimum atomic E-state index is -0.0577. The van der Waals surface area contributed by atoms with Gasteiger partial charge in [-0.3, -0.25) is 0 Å². The van der Waals surface area contributed by atoms with Gasteiger partial charge in [-0.1, -0.05) is 18.2 Å². The summed E-state index contributed by atoms with van der Waals surface area (Å²) in [6.07, 6.45) is 0. The number of thiocarbonyl (C=S) groups is 1. The van der Waals surface area contributed by atoms with E-state index in [0.29, 0.717) is 12.2 Å². The quantitative estimate of drug-likeness (QED) is 0.633. The molecule has 1 heterocycles. The lowest BCUT2D eigenvalue weighted by Gasteiger charge is -2.00. The topological polar surface area (TPSA) is 75.9 Å². The fraction of sp³-hybridized carbons (Fsp3) is 0.182. The normalized spacial score (nSPS) is 11.4. The van der Waals surface area contributed by atoms with Crippen molar-refractivity contribution in [3.63, 3.8) is 0 Å². The van der Waals surface area contributed by atoms with Crippen molar-refractivity contribution in [2.45, 2.75) is 13.5 Å². The van der Waals surface area contributed by atoms with Gasteiger partial charge in [0, 0.05) is 11.9 Å². The molecule has 17 heavy (non-hydrogen) atoms. The molecule has 0 atom stereocenters. The number of benzene rings is 1. The highest BCUT2D eigenvalue weighted by Gasteiger charge is 2.14. The minimum absolute atomic E-state index is 0.0577. The number of fused-ring (bicyclic) bond motifs is 1. The third-order valence-corrected chi connectivity index (χ3v) is 2.56. The molecule has 2 rings (SSSR count). The first-order valence-electron chi connectivity index (χ1n) is 5.16. The standard InChI is InChI=1S/C11H12N4OS/c1-2-15-8-6-4-3-5-7(8)9(10(15)16)13-14-11(12)17/h3-6,16H,2H2,1H3,(H2,12,17). The van der Waals surface area contributed by atoms with Crippen molar-refractivity contribution in [2.24, 2.45) is 16.0 Å². The Hall–Kier alpha value is -1.95. The van der Waals surface area contributed by atoms with E-state index in [0.717, 1.165) is 10.9 Å². The lowest BCUT2D eigenvalue weighted by molar-refractivity contribution is 0.427. The van der Waals surface area contributed by atoms with Crippen LogP contribution in [0.3, 0.4) is 0 Å². The maximum Gasteiger partial charge on any atom is 0.220 e. The van der Waals surface area contributed by atoms with E-state index in [1.165, 1.54) is 0 Å². The van der Waals surface area contributed by atoms with Gasteiger partial charge in [0.2, 0.25) is 11.0 Å². The van der Waals surface area contributed by atoms with Gasteiger partial charge in [-0.2, -0.15) is 0 Å². The van der Waals surface area contributed by atoms with Crippen LogP contribution in [0.2, 0.25) is 0 Å². The highest BCUT2D eigenvalue weighted by atomic mass is 32.1. The molecule has 0 bridgehead atoms. The molecule has 0 spiro atoms. The van der Waals surface area contributed by atoms with Crippen LogP contribution in [0.4, 0.5) is 5.69 Å². The molecule has 0 aliphatic carbocycles. The molecule has 0 aliphatic rings. The average molecular weight is 248 g/mol. The molecule has 0 unspecified atom stereocenters. The second-order valence-corrected chi connectivity index (χ2v) is 3.89. The highest BCUT2D eigenvalue weighted by molar-refractivity contribution is 7.80. The fourth-order valence-corrected chi connectivity index (χ4v) is 1.83. The van der Waals surface area contributed by atoms with Crippen LogP contribution in [0.5, 0.6) is 5.88 Å². The number of aromatic nitrogens is 1. The third kappa shape index (κ3) is 1.99. The predicted octanol–water partition coefficient (Wildman–Crippen LogP) is 2.69. The van der Waals surface area contributed by atoms with Gasteiger partial charge in [0.25, 0.3) is 0 Å². The van der Waals surface area contributed by atoms with E-state index >= 15 is 0 Å². The number of hydrogen-bond acceptors (Lipinski definition) is 3. The monoisotopic (exact) mass is 248 g/mol. The smallest absolute Gasteiger partial charge is 0.220 e. The Kier molecular flexibility index (Phi) is 3.06. The second kappa shape index (κ2) is 4.50. The van der Waals surface area contributed by atoms with Crippen LogP contribution in [-0.2, 0) is 6.54 Å². The average Bonchev–Trinajstić information content (AvgIpc) is 2.58. The van der Waals surface area contributed by atoms with Gasteiger partial charge in [-0.25, -0.2) is 0 Å². The Morgan fingerprint density at radius 3 is 2.82 bits per heavy atom. The molecular weight excluding hydrogens is 236 g/mol. The van der Waals surface area contributed by atoms with Crippen molar-refractivity contribution in [1.29, 1.82) is 0 Å². The van der Waals surface area contributed by atoms with Crippen molar-refractivity contribution in [3.8, 4) is 5.88 Å². The van der Waals surface area contributed by atoms with Crippen molar-refractivity contribution in [2.75, 3.05) is 0 Å². The van der Waals surface area contributed by atoms with E-state index in [1.807, 2.05) is 31.2 Å². The first kappa shape index (κ1) is 11.5. The van der Waals surface area contributed by atoms with E-state index in [1.54, 1.807) is 4.57 Å². The molecule has 5 nitrogen and oxygen atoms in total. The zero-order valence-corrected chi connectivity index (χ0v) is 10.1. The highest BCUT2D eigenvalue weighted by Crippen LogP contribution is 2.38. The molecule has 0 amide bonds. The summed E-state index contributed by atoms with van der Waals surface area (Å²) in [5.41, 5.74) is 6.56. The number of aromatic hydroxyl groups is 1. The number of para-hydroxylation sites is 1. The van der Waals surface area contributed by atoms with Crippen LogP contribution in [0.15, 0.2) is 34.5 Å². The summed E-state index contributed by atoms with van der Waals surface area (Å²) >= 11 is 4.62. The van der Waals surface area contributed by atoms with Crippen molar-refractivity contribution >= 4 is 33.9 Å². The summed E-state index contributed by atoms with van der Waals surface area (Å²) in [5.74, 6) is 0.0775. The summed E-state index contributed by atoms with van der Waals surface area (Å²) in [6, 6.07) is 7.57. The van der Waals surface area contributed by atoms with E-state index in [9.17, 15) is 5.11 Å². The zero-order valence-electron chi connectivity index (χ0n) is 9.29. The summed E-state index contributed by atoms with van der Waals surface area (Å²) in [5, 5.41) is 18.3. The van der Waals surface area contributed by atoms with Crippen LogP contribution in [0.25, 0.3) is 10.9 Å². The lowest BCUT2D eigenvalue weighted by atomic mass is 10.2. The van der Waals surface area contributed by atoms with Gasteiger partial charge >= 0.3 is 0 Å². The van der Waals surface area contributed by atoms with Crippen LogP contribution in [0, 0.1) is 0 Å². The van der Waals surface area contributed by atoms with Gasteiger partial charge < -0.3 is 15.4 Å². The zero-order chi connectivity index (χ0) is 12.4. The molecule has 3 N–H and O–H groups in total. The van der Waals surface area contributed by atoms with Crippen molar-refractivity contribution in [3.05, 3.63) is 24.3 Å². The molecule has 1 aromatic carbocycles. The fourth-order valence-electron chi connectivity index (χ4n) is 1.79. The number of rotatable bonds is 2. The minimum Gasteiger partial charge on any atom is -0.493 e. The van der Waals surface area contributed by atoms with Crippen LogP contribution in [-0.4, -0.2) is 14.8 Å². The Morgan fingerprint density at radius 1 is 1.47 bits per heavy atom. The molecule has 0 saturated heterocycles. The van der Waals surface area contributed by atoms with E-state index < -0.39 is 0 Å². The summed E-state index contributed by atoms with van der Waals surface area (Å²) in [6.45, 7) is 2.59. The Labute approximate surface area is 104 Å². The van der Waals surface area contributed by atoms with Crippen molar-refractivity contribution < 1.29 is 5.11 Å². The maximum absolute atomic E-state index is 10.1. The Balaban J connectivity index is 2.70. The van der Waals surface area contributed by atoms with E-state index in [4.69, 9.17) is 5.73 Å². The van der Waals surface area contributed by atoms with Crippen LogP contribution < -0.4 is 5.73 Å². The predicted molar refractivity (Wildman–Crippen MR) is 70.6 cm³/mol. The number of nitrogens with two attached hydrogens (primary N) is 1. The SMILES string of the molecule is CCn1c(O)c(N=NC(N)=S)c2ccccc21. The Morgan fingerprint density at radius 2 is 2.18 bits per heavy atom. The van der Waals surface area contributed by atoms with Gasteiger partial charge in [0.05, 0.1) is 5.52 Å². The van der Waals surface area contributed by atoms with Gasteiger partial charge in [-0.15, -0.1) is 10.2 Å². The number of hydrogen-bond donors (Lipinski definition) is 2. The molecule has 0 saturated carbocycles. The number of azo groups is 1. The third-order valence-electron chi connectivity index (χ3n) is 2.48. The molecule has 1 aromatic heterocycles. The van der Waals surface area contributed by atoms with Gasteiger partial charge in [0.15, 0.2) is 5.69 Å². The Bertz CT molecular complexity index is 603. The molecule has 88 valence electrons. The summed E-state index contributed by atoms with van der Waals surface area (Å²) < 4.78 is 1.75.